The molecular formula is C12H18ClN5O. The topological polar surface area (TPSA) is 75.3 Å². The van der Waals surface area contributed by atoms with E-state index in [4.69, 9.17) is 11.6 Å². The zero-order valence-electron chi connectivity index (χ0n) is 11.3. The fourth-order valence-corrected chi connectivity index (χ4v) is 2.11. The molecule has 2 heterocycles. The molecule has 19 heavy (non-hydrogen) atoms. The average Bonchev–Trinajstić information content (AvgIpc) is 2.76. The molecule has 0 aliphatic carbocycles. The van der Waals surface area contributed by atoms with Crippen molar-refractivity contribution < 1.29 is 5.11 Å². The van der Waals surface area contributed by atoms with Crippen molar-refractivity contribution in [1.82, 2.24) is 19.6 Å². The molecule has 2 rings (SSSR count). The van der Waals surface area contributed by atoms with E-state index in [-0.39, 0.29) is 0 Å². The van der Waals surface area contributed by atoms with E-state index in [1.807, 2.05) is 6.92 Å². The summed E-state index contributed by atoms with van der Waals surface area (Å²) in [4.78, 5) is 8.13. The third-order valence-corrected chi connectivity index (χ3v) is 3.22. The van der Waals surface area contributed by atoms with Crippen molar-refractivity contribution in [3.8, 4) is 0 Å². The van der Waals surface area contributed by atoms with Gasteiger partial charge in [-0.15, -0.1) is 0 Å². The molecule has 0 aliphatic rings. The number of aliphatic hydroxyl groups excluding tert-OH is 1. The van der Waals surface area contributed by atoms with E-state index >= 15 is 0 Å². The van der Waals surface area contributed by atoms with Crippen LogP contribution in [-0.4, -0.2) is 37.3 Å². The van der Waals surface area contributed by atoms with Gasteiger partial charge >= 0.3 is 0 Å². The van der Waals surface area contributed by atoms with Gasteiger partial charge in [-0.3, -0.25) is 0 Å². The lowest BCUT2D eigenvalue weighted by Crippen LogP contribution is -2.23. The van der Waals surface area contributed by atoms with Gasteiger partial charge in [0, 0.05) is 12.1 Å². The third kappa shape index (κ3) is 3.13. The van der Waals surface area contributed by atoms with E-state index in [1.54, 1.807) is 4.52 Å². The molecule has 0 amide bonds. The summed E-state index contributed by atoms with van der Waals surface area (Å²) >= 11 is 6.05. The molecule has 0 aromatic carbocycles. The zero-order chi connectivity index (χ0) is 14.0. The summed E-state index contributed by atoms with van der Waals surface area (Å²) in [7, 11) is 0. The summed E-state index contributed by atoms with van der Waals surface area (Å²) < 4.78 is 1.59. The van der Waals surface area contributed by atoms with Crippen LogP contribution in [0.4, 0.5) is 5.82 Å². The molecule has 0 spiro atoms. The van der Waals surface area contributed by atoms with Gasteiger partial charge in [0.1, 0.15) is 17.3 Å². The molecule has 0 saturated heterocycles. The highest BCUT2D eigenvalue weighted by Crippen LogP contribution is 2.22. The molecule has 0 radical (unpaired) electrons. The van der Waals surface area contributed by atoms with Crippen LogP contribution in [0, 0.1) is 12.8 Å². The van der Waals surface area contributed by atoms with Gasteiger partial charge in [0.05, 0.1) is 6.10 Å². The van der Waals surface area contributed by atoms with Crippen LogP contribution in [0.25, 0.3) is 5.78 Å². The second kappa shape index (κ2) is 5.71. The zero-order valence-corrected chi connectivity index (χ0v) is 12.0. The van der Waals surface area contributed by atoms with Crippen molar-refractivity contribution >= 4 is 23.2 Å². The van der Waals surface area contributed by atoms with Crippen LogP contribution in [0.5, 0.6) is 0 Å². The standard InChI is InChI=1S/C12H18ClN5O/c1-7(2)4-9(19)5-14-11-8(3)10(13)17-12-15-6-16-18(11)12/h6-7,9,14,19H,4-5H2,1-3H3. The lowest BCUT2D eigenvalue weighted by atomic mass is 10.1. The van der Waals surface area contributed by atoms with Crippen LogP contribution in [0.1, 0.15) is 25.8 Å². The maximum absolute atomic E-state index is 9.91. The van der Waals surface area contributed by atoms with Gasteiger partial charge in [-0.2, -0.15) is 19.6 Å². The normalized spacial score (nSPS) is 13.2. The number of rotatable bonds is 5. The molecule has 7 heteroatoms. The Kier molecular flexibility index (Phi) is 4.21. The lowest BCUT2D eigenvalue weighted by molar-refractivity contribution is 0.161. The number of nitrogens with zero attached hydrogens (tertiary/aromatic N) is 4. The molecule has 0 bridgehead atoms. The second-order valence-corrected chi connectivity index (χ2v) is 5.37. The Labute approximate surface area is 116 Å². The molecule has 104 valence electrons. The van der Waals surface area contributed by atoms with Crippen molar-refractivity contribution in [3.05, 3.63) is 17.0 Å². The number of aromatic nitrogens is 4. The number of halogens is 1. The Morgan fingerprint density at radius 3 is 2.89 bits per heavy atom. The van der Waals surface area contributed by atoms with E-state index in [9.17, 15) is 5.11 Å². The van der Waals surface area contributed by atoms with Crippen molar-refractivity contribution in [2.45, 2.75) is 33.3 Å². The molecule has 0 saturated carbocycles. The molecule has 6 nitrogen and oxygen atoms in total. The Morgan fingerprint density at radius 2 is 2.21 bits per heavy atom. The number of anilines is 1. The molecule has 1 atom stereocenters. The van der Waals surface area contributed by atoms with E-state index in [2.05, 4.69) is 34.2 Å². The third-order valence-electron chi connectivity index (χ3n) is 2.85. The second-order valence-electron chi connectivity index (χ2n) is 5.01. The predicted octanol–water partition coefficient (Wildman–Crippen LogP) is 1.91. The molecule has 0 fully saturated rings. The van der Waals surface area contributed by atoms with Gasteiger partial charge < -0.3 is 10.4 Å². The van der Waals surface area contributed by atoms with Crippen LogP contribution in [0.3, 0.4) is 0 Å². The van der Waals surface area contributed by atoms with Gasteiger partial charge in [0.25, 0.3) is 5.78 Å². The van der Waals surface area contributed by atoms with Crippen molar-refractivity contribution in [2.24, 2.45) is 5.92 Å². The summed E-state index contributed by atoms with van der Waals surface area (Å²) in [6.45, 7) is 6.45. The number of hydrogen-bond donors (Lipinski definition) is 2. The van der Waals surface area contributed by atoms with E-state index in [0.717, 1.165) is 17.8 Å². The maximum atomic E-state index is 9.91. The fraction of sp³-hybridized carbons (Fsp3) is 0.583. The predicted molar refractivity (Wildman–Crippen MR) is 74.5 cm³/mol. The summed E-state index contributed by atoms with van der Waals surface area (Å²) in [5.41, 5.74) is 0.788. The molecule has 0 aliphatic heterocycles. The van der Waals surface area contributed by atoms with E-state index in [1.165, 1.54) is 6.33 Å². The molecule has 2 aromatic heterocycles. The van der Waals surface area contributed by atoms with Gasteiger partial charge in [0.2, 0.25) is 0 Å². The molecule has 2 aromatic rings. The highest BCUT2D eigenvalue weighted by Gasteiger charge is 2.13. The first-order valence-corrected chi connectivity index (χ1v) is 6.64. The summed E-state index contributed by atoms with van der Waals surface area (Å²) in [6, 6.07) is 0. The van der Waals surface area contributed by atoms with Crippen LogP contribution in [0.15, 0.2) is 6.33 Å². The van der Waals surface area contributed by atoms with Crippen molar-refractivity contribution in [1.29, 1.82) is 0 Å². The number of fused-ring (bicyclic) bond motifs is 1. The first kappa shape index (κ1) is 14.0. The first-order valence-electron chi connectivity index (χ1n) is 6.26. The SMILES string of the molecule is Cc1c(Cl)nc2ncnn2c1NCC(O)CC(C)C. The van der Waals surface area contributed by atoms with Crippen LogP contribution in [-0.2, 0) is 0 Å². The Bertz CT molecular complexity index is 568. The van der Waals surface area contributed by atoms with Gasteiger partial charge in [0.15, 0.2) is 0 Å². The average molecular weight is 284 g/mol. The molecule has 2 N–H and O–H groups in total. The van der Waals surface area contributed by atoms with Gasteiger partial charge in [-0.25, -0.2) is 0 Å². The van der Waals surface area contributed by atoms with E-state index in [0.29, 0.717) is 23.4 Å². The summed E-state index contributed by atoms with van der Waals surface area (Å²) in [5.74, 6) is 1.61. The van der Waals surface area contributed by atoms with Gasteiger partial charge in [-0.05, 0) is 19.3 Å². The Hall–Kier alpha value is -1.40. The monoisotopic (exact) mass is 283 g/mol. The highest BCUT2D eigenvalue weighted by atomic mass is 35.5. The minimum absolute atomic E-state index is 0.390. The van der Waals surface area contributed by atoms with Crippen LogP contribution < -0.4 is 5.32 Å². The summed E-state index contributed by atoms with van der Waals surface area (Å²) in [6.07, 6.45) is 1.75. The van der Waals surface area contributed by atoms with Crippen LogP contribution >= 0.6 is 11.6 Å². The Balaban J connectivity index is 2.20. The van der Waals surface area contributed by atoms with Crippen LogP contribution in [0.2, 0.25) is 5.15 Å². The smallest absolute Gasteiger partial charge is 0.255 e. The minimum Gasteiger partial charge on any atom is -0.391 e. The van der Waals surface area contributed by atoms with Crippen molar-refractivity contribution in [3.63, 3.8) is 0 Å². The molecule has 1 unspecified atom stereocenters. The minimum atomic E-state index is -0.412. The Morgan fingerprint density at radius 1 is 1.47 bits per heavy atom. The number of aliphatic hydroxyl groups is 1. The fourth-order valence-electron chi connectivity index (χ4n) is 1.95. The van der Waals surface area contributed by atoms with Gasteiger partial charge in [-0.1, -0.05) is 25.4 Å². The largest absolute Gasteiger partial charge is 0.391 e. The quantitative estimate of drug-likeness (QED) is 0.820. The lowest BCUT2D eigenvalue weighted by Gasteiger charge is -2.16. The van der Waals surface area contributed by atoms with E-state index < -0.39 is 6.10 Å². The highest BCUT2D eigenvalue weighted by molar-refractivity contribution is 6.30. The first-order chi connectivity index (χ1) is 8.99. The summed E-state index contributed by atoms with van der Waals surface area (Å²) in [5, 5.41) is 17.6. The number of hydrogen-bond acceptors (Lipinski definition) is 5. The molecular weight excluding hydrogens is 266 g/mol. The van der Waals surface area contributed by atoms with Crippen molar-refractivity contribution in [2.75, 3.05) is 11.9 Å². The maximum Gasteiger partial charge on any atom is 0.255 e. The number of nitrogens with one attached hydrogen (secondary N) is 1.